The van der Waals surface area contributed by atoms with E-state index in [4.69, 9.17) is 18.6 Å². The summed E-state index contributed by atoms with van der Waals surface area (Å²) in [5.41, 5.74) is 4.30. The maximum Gasteiger partial charge on any atom is 0.336 e. The highest BCUT2D eigenvalue weighted by atomic mass is 16.6. The van der Waals surface area contributed by atoms with Crippen LogP contribution in [0.15, 0.2) is 100.0 Å². The van der Waals surface area contributed by atoms with E-state index in [0.717, 1.165) is 35.4 Å². The highest BCUT2D eigenvalue weighted by Gasteiger charge is 2.43. The molecule has 0 unspecified atom stereocenters. The number of ketones is 1. The van der Waals surface area contributed by atoms with Crippen molar-refractivity contribution in [3.05, 3.63) is 112 Å². The lowest BCUT2D eigenvalue weighted by Gasteiger charge is -2.36. The molecule has 6 rings (SSSR count). The van der Waals surface area contributed by atoms with Crippen molar-refractivity contribution < 1.29 is 28.2 Å². The Balaban J connectivity index is 1.37. The third kappa shape index (κ3) is 5.34. The lowest BCUT2D eigenvalue weighted by molar-refractivity contribution is -0.142. The van der Waals surface area contributed by atoms with Gasteiger partial charge in [-0.1, -0.05) is 48.5 Å². The standard InChI is InChI=1S/C33H33NO6/c1-21-30(33(36)40-20-24-11-7-15-37-24)31(25-12-5-6-13-29(25)39-19-22-9-3-2-4-10-22)32-26(34-21)17-23(18-27(32)35)28-14-8-16-38-28/h2-6,8-10,12-14,16,23-24,31,34H,7,11,15,17-20H2,1H3/t23-,24-,31-/m1/s1. The molecule has 1 fully saturated rings. The number of nitrogens with one attached hydrogen (secondary N) is 1. The van der Waals surface area contributed by atoms with Gasteiger partial charge in [-0.05, 0) is 49.9 Å². The number of esters is 1. The maximum absolute atomic E-state index is 13.9. The Bertz CT molecular complexity index is 1430. The Morgan fingerprint density at radius 1 is 1.02 bits per heavy atom. The van der Waals surface area contributed by atoms with E-state index < -0.39 is 11.9 Å². The van der Waals surface area contributed by atoms with Gasteiger partial charge >= 0.3 is 5.97 Å². The number of benzene rings is 2. The number of Topliss-reactive ketones (excluding diaryl/α,β-unsaturated/α-hetero) is 1. The molecule has 3 atom stereocenters. The first-order valence-electron chi connectivity index (χ1n) is 13.9. The molecule has 0 bridgehead atoms. The van der Waals surface area contributed by atoms with Crippen LogP contribution in [0.2, 0.25) is 0 Å². The molecule has 206 valence electrons. The van der Waals surface area contributed by atoms with E-state index in [2.05, 4.69) is 5.32 Å². The molecule has 0 saturated carbocycles. The van der Waals surface area contributed by atoms with E-state index in [1.165, 1.54) is 0 Å². The second-order valence-electron chi connectivity index (χ2n) is 10.6. The largest absolute Gasteiger partial charge is 0.489 e. The van der Waals surface area contributed by atoms with Crippen LogP contribution in [0.5, 0.6) is 5.75 Å². The number of ether oxygens (including phenoxy) is 3. The van der Waals surface area contributed by atoms with Gasteiger partial charge in [-0.2, -0.15) is 0 Å². The number of rotatable bonds is 8. The SMILES string of the molecule is CC1=C(C(=O)OC[C@H]2CCCO2)[C@@H](c2ccccc2OCc2ccccc2)C2=C(C[C@@H](c3ccco3)CC2=O)N1. The molecule has 1 N–H and O–H groups in total. The second kappa shape index (κ2) is 11.6. The molecule has 0 radical (unpaired) electrons. The third-order valence-corrected chi connectivity index (χ3v) is 7.88. The summed E-state index contributed by atoms with van der Waals surface area (Å²) in [5, 5.41) is 3.40. The molecule has 7 nitrogen and oxygen atoms in total. The quantitative estimate of drug-likeness (QED) is 0.355. The van der Waals surface area contributed by atoms with Crippen molar-refractivity contribution >= 4 is 11.8 Å². The van der Waals surface area contributed by atoms with Crippen molar-refractivity contribution in [3.8, 4) is 5.75 Å². The Hall–Kier alpha value is -4.10. The van der Waals surface area contributed by atoms with Crippen molar-refractivity contribution in [2.24, 2.45) is 0 Å². The maximum atomic E-state index is 13.9. The third-order valence-electron chi connectivity index (χ3n) is 7.88. The van der Waals surface area contributed by atoms with E-state index in [-0.39, 0.29) is 24.4 Å². The van der Waals surface area contributed by atoms with Gasteiger partial charge in [0.15, 0.2) is 5.78 Å². The summed E-state index contributed by atoms with van der Waals surface area (Å²) in [6.45, 7) is 3.11. The van der Waals surface area contributed by atoms with Crippen LogP contribution < -0.4 is 10.1 Å². The van der Waals surface area contributed by atoms with E-state index in [1.54, 1.807) is 6.26 Å². The number of para-hydroxylation sites is 1. The zero-order valence-corrected chi connectivity index (χ0v) is 22.6. The minimum absolute atomic E-state index is 0.0186. The first-order valence-corrected chi connectivity index (χ1v) is 13.9. The Kier molecular flexibility index (Phi) is 7.55. The number of allylic oxidation sites excluding steroid dienone is 3. The average molecular weight is 540 g/mol. The molecule has 2 aromatic carbocycles. The minimum atomic E-state index is -0.620. The van der Waals surface area contributed by atoms with E-state index in [1.807, 2.05) is 73.7 Å². The Labute approximate surface area is 233 Å². The molecule has 1 aliphatic carbocycles. The molecule has 1 aromatic heterocycles. The topological polar surface area (TPSA) is 87.0 Å². The van der Waals surface area contributed by atoms with Gasteiger partial charge in [0.25, 0.3) is 0 Å². The number of hydrogen-bond acceptors (Lipinski definition) is 7. The van der Waals surface area contributed by atoms with Gasteiger partial charge in [-0.15, -0.1) is 0 Å². The van der Waals surface area contributed by atoms with Gasteiger partial charge in [0, 0.05) is 41.5 Å². The molecule has 1 saturated heterocycles. The van der Waals surface area contributed by atoms with Gasteiger partial charge < -0.3 is 23.9 Å². The number of carbonyl (C=O) groups is 2. The van der Waals surface area contributed by atoms with Crippen molar-refractivity contribution in [2.75, 3.05) is 13.2 Å². The Morgan fingerprint density at radius 3 is 2.62 bits per heavy atom. The number of dihydropyridines is 1. The predicted octanol–water partition coefficient (Wildman–Crippen LogP) is 5.94. The first kappa shape index (κ1) is 26.1. The molecule has 0 amide bonds. The summed E-state index contributed by atoms with van der Waals surface area (Å²) in [6, 6.07) is 21.3. The van der Waals surface area contributed by atoms with Crippen LogP contribution in [0.3, 0.4) is 0 Å². The number of carbonyl (C=O) groups excluding carboxylic acids is 2. The lowest BCUT2D eigenvalue weighted by atomic mass is 9.72. The molecule has 40 heavy (non-hydrogen) atoms. The second-order valence-corrected chi connectivity index (χ2v) is 10.6. The predicted molar refractivity (Wildman–Crippen MR) is 148 cm³/mol. The molecule has 2 aliphatic heterocycles. The molecule has 3 heterocycles. The van der Waals surface area contributed by atoms with Gasteiger partial charge in [0.2, 0.25) is 0 Å². The Morgan fingerprint density at radius 2 is 1.85 bits per heavy atom. The van der Waals surface area contributed by atoms with Gasteiger partial charge in [-0.3, -0.25) is 4.79 Å². The highest BCUT2D eigenvalue weighted by molar-refractivity contribution is 6.04. The summed E-state index contributed by atoms with van der Waals surface area (Å²) in [6.07, 6.45) is 4.27. The summed E-state index contributed by atoms with van der Waals surface area (Å²) >= 11 is 0. The number of hydrogen-bond donors (Lipinski definition) is 1. The molecule has 0 spiro atoms. The summed E-state index contributed by atoms with van der Waals surface area (Å²) in [7, 11) is 0. The summed E-state index contributed by atoms with van der Waals surface area (Å²) in [5.74, 6) is 0.257. The molecular weight excluding hydrogens is 506 g/mol. The first-order chi connectivity index (χ1) is 19.6. The monoisotopic (exact) mass is 539 g/mol. The van der Waals surface area contributed by atoms with E-state index in [9.17, 15) is 9.59 Å². The van der Waals surface area contributed by atoms with Gasteiger partial charge in [-0.25, -0.2) is 4.79 Å². The van der Waals surface area contributed by atoms with E-state index >= 15 is 0 Å². The van der Waals surface area contributed by atoms with Crippen molar-refractivity contribution in [1.82, 2.24) is 5.32 Å². The fourth-order valence-electron chi connectivity index (χ4n) is 5.95. The number of furan rings is 1. The normalized spacial score (nSPS) is 22.6. The fourth-order valence-corrected chi connectivity index (χ4v) is 5.95. The fraction of sp³-hybridized carbons (Fsp3) is 0.333. The summed E-state index contributed by atoms with van der Waals surface area (Å²) in [4.78, 5) is 27.6. The van der Waals surface area contributed by atoms with Crippen LogP contribution >= 0.6 is 0 Å². The van der Waals surface area contributed by atoms with Crippen LogP contribution in [0.4, 0.5) is 0 Å². The molecule has 3 aromatic rings. The zero-order chi connectivity index (χ0) is 27.5. The van der Waals surface area contributed by atoms with Crippen LogP contribution in [0, 0.1) is 0 Å². The smallest absolute Gasteiger partial charge is 0.336 e. The van der Waals surface area contributed by atoms with Gasteiger partial charge in [0.1, 0.15) is 24.7 Å². The van der Waals surface area contributed by atoms with Crippen LogP contribution in [-0.4, -0.2) is 31.1 Å². The van der Waals surface area contributed by atoms with Crippen LogP contribution in [0.25, 0.3) is 0 Å². The molecule has 7 heteroatoms. The van der Waals surface area contributed by atoms with Crippen LogP contribution in [-0.2, 0) is 25.7 Å². The summed E-state index contributed by atoms with van der Waals surface area (Å²) < 4.78 is 23.4. The van der Waals surface area contributed by atoms with Crippen molar-refractivity contribution in [2.45, 2.75) is 57.2 Å². The van der Waals surface area contributed by atoms with Crippen molar-refractivity contribution in [1.29, 1.82) is 0 Å². The minimum Gasteiger partial charge on any atom is -0.489 e. The molecular formula is C33H33NO6. The molecule has 3 aliphatic rings. The lowest BCUT2D eigenvalue weighted by Crippen LogP contribution is -2.36. The van der Waals surface area contributed by atoms with Crippen molar-refractivity contribution in [3.63, 3.8) is 0 Å². The van der Waals surface area contributed by atoms with Crippen LogP contribution in [0.1, 0.15) is 61.3 Å². The highest BCUT2D eigenvalue weighted by Crippen LogP contribution is 2.47. The van der Waals surface area contributed by atoms with E-state index in [0.29, 0.717) is 48.6 Å². The average Bonchev–Trinajstić information content (AvgIpc) is 3.70. The zero-order valence-electron chi connectivity index (χ0n) is 22.6. The van der Waals surface area contributed by atoms with Gasteiger partial charge in [0.05, 0.1) is 23.9 Å².